The monoisotopic (exact) mass is 305 g/mol. The number of fused-ring (bicyclic) bond motifs is 1. The van der Waals surface area contributed by atoms with Crippen LogP contribution in [0.1, 0.15) is 6.92 Å². The first-order valence-electron chi connectivity index (χ1n) is 6.40. The average Bonchev–Trinajstić information content (AvgIpc) is 2.89. The second-order valence-electron chi connectivity index (χ2n) is 4.90. The van der Waals surface area contributed by atoms with Crippen LogP contribution in [0.15, 0.2) is 18.5 Å². The molecule has 2 saturated heterocycles. The van der Waals surface area contributed by atoms with Gasteiger partial charge in [0.25, 0.3) is 0 Å². The molecule has 0 radical (unpaired) electrons. The zero-order valence-corrected chi connectivity index (χ0v) is 12.7. The average molecular weight is 306 g/mol. The number of nitrogens with zero attached hydrogens (tertiary/aromatic N) is 2. The third-order valence-corrected chi connectivity index (χ3v) is 3.76. The number of hydrogen-bond donors (Lipinski definition) is 1. The van der Waals surface area contributed by atoms with E-state index in [4.69, 9.17) is 4.74 Å². The zero-order valence-electron chi connectivity index (χ0n) is 11.0. The molecule has 19 heavy (non-hydrogen) atoms. The second-order valence-corrected chi connectivity index (χ2v) is 4.90. The highest BCUT2D eigenvalue weighted by atomic mass is 35.5. The predicted octanol–water partition coefficient (Wildman–Crippen LogP) is 1.98. The molecule has 1 N–H and O–H groups in total. The maximum absolute atomic E-state index is 5.50. The Balaban J connectivity index is 0.000000902. The minimum Gasteiger partial charge on any atom is -0.492 e. The lowest BCUT2D eigenvalue weighted by Crippen LogP contribution is -2.25. The zero-order chi connectivity index (χ0) is 11.7. The summed E-state index contributed by atoms with van der Waals surface area (Å²) in [7, 11) is 0. The molecular formula is C13H21Cl2N3O. The van der Waals surface area contributed by atoms with E-state index in [0.717, 1.165) is 30.7 Å². The van der Waals surface area contributed by atoms with Gasteiger partial charge in [-0.1, -0.05) is 0 Å². The summed E-state index contributed by atoms with van der Waals surface area (Å²) >= 11 is 0. The van der Waals surface area contributed by atoms with Crippen LogP contribution in [0.2, 0.25) is 0 Å². The van der Waals surface area contributed by atoms with Gasteiger partial charge in [0.05, 0.1) is 24.7 Å². The molecule has 2 aliphatic rings. The molecule has 108 valence electrons. The highest BCUT2D eigenvalue weighted by Crippen LogP contribution is 2.31. The van der Waals surface area contributed by atoms with Crippen molar-refractivity contribution in [1.29, 1.82) is 0 Å². The van der Waals surface area contributed by atoms with Gasteiger partial charge in [-0.05, 0) is 18.8 Å². The van der Waals surface area contributed by atoms with Crippen molar-refractivity contribution in [3.63, 3.8) is 0 Å². The molecule has 2 aliphatic heterocycles. The summed E-state index contributed by atoms with van der Waals surface area (Å²) in [5, 5.41) is 3.46. The predicted molar refractivity (Wildman–Crippen MR) is 82.0 cm³/mol. The summed E-state index contributed by atoms with van der Waals surface area (Å²) in [6, 6.07) is 2.10. The maximum atomic E-state index is 5.50. The van der Waals surface area contributed by atoms with Crippen molar-refractivity contribution in [3.8, 4) is 5.75 Å². The van der Waals surface area contributed by atoms with Crippen LogP contribution >= 0.6 is 24.8 Å². The van der Waals surface area contributed by atoms with Crippen molar-refractivity contribution in [2.75, 3.05) is 37.7 Å². The fourth-order valence-electron chi connectivity index (χ4n) is 2.89. The fraction of sp³-hybridized carbons (Fsp3) is 0.615. The normalized spacial score (nSPS) is 24.4. The van der Waals surface area contributed by atoms with Gasteiger partial charge < -0.3 is 15.0 Å². The van der Waals surface area contributed by atoms with Gasteiger partial charge in [-0.25, -0.2) is 0 Å². The van der Waals surface area contributed by atoms with E-state index in [-0.39, 0.29) is 24.8 Å². The minimum absolute atomic E-state index is 0. The van der Waals surface area contributed by atoms with Crippen molar-refractivity contribution in [1.82, 2.24) is 10.3 Å². The Morgan fingerprint density at radius 1 is 1.26 bits per heavy atom. The minimum atomic E-state index is 0. The Hall–Kier alpha value is -0.710. The van der Waals surface area contributed by atoms with Crippen LogP contribution in [-0.4, -0.2) is 37.8 Å². The highest BCUT2D eigenvalue weighted by molar-refractivity contribution is 5.85. The summed E-state index contributed by atoms with van der Waals surface area (Å²) < 4.78 is 5.50. The molecule has 3 rings (SSSR count). The van der Waals surface area contributed by atoms with Crippen LogP contribution in [0.5, 0.6) is 5.75 Å². The molecule has 0 aliphatic carbocycles. The first kappa shape index (κ1) is 16.3. The van der Waals surface area contributed by atoms with Crippen molar-refractivity contribution in [2.45, 2.75) is 6.92 Å². The summed E-state index contributed by atoms with van der Waals surface area (Å²) in [5.41, 5.74) is 1.20. The lowest BCUT2D eigenvalue weighted by Gasteiger charge is -2.19. The van der Waals surface area contributed by atoms with Gasteiger partial charge in [0.1, 0.15) is 5.75 Å². The van der Waals surface area contributed by atoms with Gasteiger partial charge in [0.2, 0.25) is 0 Å². The van der Waals surface area contributed by atoms with E-state index < -0.39 is 0 Å². The number of halogens is 2. The molecule has 0 bridgehead atoms. The van der Waals surface area contributed by atoms with Crippen LogP contribution in [0.25, 0.3) is 0 Å². The molecule has 0 unspecified atom stereocenters. The van der Waals surface area contributed by atoms with E-state index >= 15 is 0 Å². The fourth-order valence-corrected chi connectivity index (χ4v) is 2.89. The molecule has 4 nitrogen and oxygen atoms in total. The second kappa shape index (κ2) is 7.17. The van der Waals surface area contributed by atoms with Crippen LogP contribution < -0.4 is 15.0 Å². The van der Waals surface area contributed by atoms with Gasteiger partial charge in [0, 0.05) is 32.2 Å². The third kappa shape index (κ3) is 3.44. The van der Waals surface area contributed by atoms with Gasteiger partial charge >= 0.3 is 0 Å². The molecule has 0 aromatic carbocycles. The number of nitrogens with one attached hydrogen (secondary N) is 1. The molecule has 3 heterocycles. The summed E-state index contributed by atoms with van der Waals surface area (Å²) in [5.74, 6) is 2.50. The van der Waals surface area contributed by atoms with Crippen LogP contribution in [0.4, 0.5) is 5.69 Å². The van der Waals surface area contributed by atoms with Gasteiger partial charge in [0.15, 0.2) is 0 Å². The van der Waals surface area contributed by atoms with Gasteiger partial charge in [-0.3, -0.25) is 4.98 Å². The summed E-state index contributed by atoms with van der Waals surface area (Å²) in [4.78, 5) is 6.70. The lowest BCUT2D eigenvalue weighted by molar-refractivity contribution is 0.339. The lowest BCUT2D eigenvalue weighted by atomic mass is 10.0. The van der Waals surface area contributed by atoms with Crippen LogP contribution in [0, 0.1) is 11.8 Å². The number of ether oxygens (including phenoxy) is 1. The van der Waals surface area contributed by atoms with E-state index in [1.165, 1.54) is 18.8 Å². The molecule has 0 spiro atoms. The number of aromatic nitrogens is 1. The van der Waals surface area contributed by atoms with E-state index in [0.29, 0.717) is 6.61 Å². The first-order chi connectivity index (χ1) is 8.36. The maximum Gasteiger partial charge on any atom is 0.139 e. The molecule has 0 amide bonds. The topological polar surface area (TPSA) is 37.4 Å². The molecule has 1 aromatic heterocycles. The third-order valence-electron chi connectivity index (χ3n) is 3.76. The van der Waals surface area contributed by atoms with E-state index in [1.54, 1.807) is 6.20 Å². The van der Waals surface area contributed by atoms with Crippen molar-refractivity contribution < 1.29 is 4.74 Å². The number of anilines is 1. The Morgan fingerprint density at radius 3 is 2.58 bits per heavy atom. The van der Waals surface area contributed by atoms with Gasteiger partial charge in [-0.15, -0.1) is 24.8 Å². The Kier molecular flexibility index (Phi) is 6.17. The smallest absolute Gasteiger partial charge is 0.139 e. The largest absolute Gasteiger partial charge is 0.492 e. The molecular weight excluding hydrogens is 285 g/mol. The van der Waals surface area contributed by atoms with E-state index in [2.05, 4.69) is 21.3 Å². The molecule has 1 aromatic rings. The SMILES string of the molecule is CCOc1cncc(N2C[C@H]3CNC[C@H]3C2)c1.Cl.Cl. The summed E-state index contributed by atoms with van der Waals surface area (Å²) in [6.07, 6.45) is 3.72. The number of rotatable bonds is 3. The first-order valence-corrected chi connectivity index (χ1v) is 6.40. The van der Waals surface area contributed by atoms with Crippen LogP contribution in [0.3, 0.4) is 0 Å². The molecule has 2 atom stereocenters. The summed E-state index contributed by atoms with van der Waals surface area (Å²) in [6.45, 7) is 7.32. The van der Waals surface area contributed by atoms with Crippen molar-refractivity contribution >= 4 is 30.5 Å². The Bertz CT molecular complexity index is 393. The quantitative estimate of drug-likeness (QED) is 0.926. The molecule has 2 fully saturated rings. The van der Waals surface area contributed by atoms with Gasteiger partial charge in [-0.2, -0.15) is 0 Å². The standard InChI is InChI=1S/C13H19N3O.2ClH/c1-2-17-13-3-12(6-15-7-13)16-8-10-4-14-5-11(10)9-16;;/h3,6-7,10-11,14H,2,4-5,8-9H2,1H3;2*1H/t10-,11+;;. The number of pyridine rings is 1. The van der Waals surface area contributed by atoms with E-state index in [9.17, 15) is 0 Å². The van der Waals surface area contributed by atoms with Crippen molar-refractivity contribution in [2.24, 2.45) is 11.8 Å². The molecule has 0 saturated carbocycles. The Labute approximate surface area is 126 Å². The molecule has 6 heteroatoms. The van der Waals surface area contributed by atoms with Crippen LogP contribution in [-0.2, 0) is 0 Å². The number of hydrogen-bond acceptors (Lipinski definition) is 4. The van der Waals surface area contributed by atoms with E-state index in [1.807, 2.05) is 13.1 Å². The Morgan fingerprint density at radius 2 is 1.95 bits per heavy atom. The highest BCUT2D eigenvalue weighted by Gasteiger charge is 2.36. The van der Waals surface area contributed by atoms with Crippen molar-refractivity contribution in [3.05, 3.63) is 18.5 Å².